The van der Waals surface area contributed by atoms with Crippen molar-refractivity contribution in [2.45, 2.75) is 13.8 Å². The Morgan fingerprint density at radius 3 is 2.58 bits per heavy atom. The zero-order valence-corrected chi connectivity index (χ0v) is 14.1. The summed E-state index contributed by atoms with van der Waals surface area (Å²) in [5.74, 6) is 0. The Morgan fingerprint density at radius 2 is 2.11 bits per heavy atom. The average molecular weight is 349 g/mol. The molecule has 1 aromatic rings. The van der Waals surface area contributed by atoms with Crippen molar-refractivity contribution in [1.29, 1.82) is 0 Å². The summed E-state index contributed by atoms with van der Waals surface area (Å²) in [7, 11) is 2.25. The number of hydrogen-bond donors (Lipinski definition) is 0. The van der Waals surface area contributed by atoms with E-state index in [9.17, 15) is 4.79 Å². The van der Waals surface area contributed by atoms with Gasteiger partial charge < -0.3 is 21.7 Å². The van der Waals surface area contributed by atoms with E-state index in [0.717, 1.165) is 30.7 Å². The summed E-state index contributed by atoms with van der Waals surface area (Å²) in [4.78, 5) is 14.8. The first-order valence-corrected chi connectivity index (χ1v) is 7.25. The number of carbonyl (C=O) groups excluding carboxylic acids is 1. The number of amides is 1. The van der Waals surface area contributed by atoms with Gasteiger partial charge in [-0.2, -0.15) is 0 Å². The third-order valence-electron chi connectivity index (χ3n) is 3.67. The van der Waals surface area contributed by atoms with Crippen molar-refractivity contribution in [1.82, 2.24) is 9.38 Å². The van der Waals surface area contributed by atoms with Gasteiger partial charge in [0.2, 0.25) is 0 Å². The van der Waals surface area contributed by atoms with Crippen LogP contribution in [0.3, 0.4) is 0 Å². The topological polar surface area (TPSA) is 29.5 Å². The molecule has 0 N–H and O–H groups in total. The molecule has 4 nitrogen and oxygen atoms in total. The Morgan fingerprint density at radius 1 is 1.47 bits per heavy atom. The van der Waals surface area contributed by atoms with Crippen molar-refractivity contribution >= 4 is 23.1 Å². The summed E-state index contributed by atoms with van der Waals surface area (Å²) in [6, 6.07) is 2.21. The number of ether oxygens (including phenoxy) is 1. The highest BCUT2D eigenvalue weighted by Gasteiger charge is 2.34. The Labute approximate surface area is 129 Å². The van der Waals surface area contributed by atoms with E-state index in [2.05, 4.69) is 25.4 Å². The minimum Gasteiger partial charge on any atom is -1.00 e. The maximum absolute atomic E-state index is 11.7. The number of halogens is 1. The lowest BCUT2D eigenvalue weighted by Crippen LogP contribution is -3.00. The number of aryl methyl sites for hydroxylation is 1. The molecule has 2 heterocycles. The Hall–Kier alpha value is -0.590. The van der Waals surface area contributed by atoms with E-state index in [1.165, 1.54) is 10.6 Å². The molecule has 19 heavy (non-hydrogen) atoms. The lowest BCUT2D eigenvalue weighted by molar-refractivity contribution is -0.0000128. The summed E-state index contributed by atoms with van der Waals surface area (Å²) in [5, 5.41) is 2.14. The van der Waals surface area contributed by atoms with Crippen molar-refractivity contribution in [3.8, 4) is 0 Å². The molecule has 1 aliphatic heterocycles. The van der Waals surface area contributed by atoms with Crippen LogP contribution in [0.1, 0.15) is 11.8 Å². The normalized spacial score (nSPS) is 17.7. The molecule has 1 aliphatic rings. The maximum atomic E-state index is 11.7. The van der Waals surface area contributed by atoms with Gasteiger partial charge in [-0.05, 0) is 19.2 Å². The van der Waals surface area contributed by atoms with E-state index >= 15 is 0 Å². The molecule has 2 rings (SSSR count). The Balaban J connectivity index is 0.00000180. The van der Waals surface area contributed by atoms with Crippen LogP contribution in [0.4, 0.5) is 10.5 Å². The van der Waals surface area contributed by atoms with Crippen LogP contribution in [-0.4, -0.2) is 50.8 Å². The monoisotopic (exact) mass is 348 g/mol. The van der Waals surface area contributed by atoms with E-state index in [1.54, 1.807) is 11.3 Å². The predicted molar refractivity (Wildman–Crippen MR) is 75.1 cm³/mol. The SMILES string of the molecule is CCOC(=O)N1CC[N+](C)(c2ccsc2C)CC1.[Br-]. The van der Waals surface area contributed by atoms with Crippen molar-refractivity contribution in [2.24, 2.45) is 0 Å². The quantitative estimate of drug-likeness (QED) is 0.672. The van der Waals surface area contributed by atoms with Crippen LogP contribution in [0.5, 0.6) is 0 Å². The number of nitrogens with zero attached hydrogens (tertiary/aromatic N) is 2. The van der Waals surface area contributed by atoms with Gasteiger partial charge in [0.1, 0.15) is 18.8 Å². The highest BCUT2D eigenvalue weighted by atomic mass is 79.9. The molecule has 0 aromatic carbocycles. The number of quaternary nitrogens is 1. The second kappa shape index (κ2) is 6.72. The number of rotatable bonds is 2. The van der Waals surface area contributed by atoms with Crippen molar-refractivity contribution < 1.29 is 26.5 Å². The standard InChI is InChI=1S/C13H21N2O2S.BrH/c1-4-17-13(16)14-6-8-15(3,9-7-14)12-5-10-18-11(12)2;/h5,10H,4,6-9H2,1-3H3;1H/q+1;/p-1. The van der Waals surface area contributed by atoms with Gasteiger partial charge in [0.25, 0.3) is 0 Å². The molecular formula is C13H21BrN2O2S. The number of thiophene rings is 1. The molecule has 0 aliphatic carbocycles. The van der Waals surface area contributed by atoms with Crippen molar-refractivity contribution in [3.05, 3.63) is 16.3 Å². The van der Waals surface area contributed by atoms with E-state index in [1.807, 2.05) is 11.8 Å². The smallest absolute Gasteiger partial charge is 0.410 e. The van der Waals surface area contributed by atoms with Gasteiger partial charge in [0.15, 0.2) is 0 Å². The molecule has 0 atom stereocenters. The van der Waals surface area contributed by atoms with Crippen LogP contribution in [-0.2, 0) is 4.74 Å². The van der Waals surface area contributed by atoms with Crippen LogP contribution in [0.2, 0.25) is 0 Å². The number of carbonyl (C=O) groups is 1. The number of piperazine rings is 1. The van der Waals surface area contributed by atoms with E-state index in [4.69, 9.17) is 4.74 Å². The Kier molecular flexibility index (Phi) is 5.82. The Bertz CT molecular complexity index is 428. The largest absolute Gasteiger partial charge is 1.00 e. The maximum Gasteiger partial charge on any atom is 0.410 e. The second-order valence-electron chi connectivity index (χ2n) is 4.89. The predicted octanol–water partition coefficient (Wildman–Crippen LogP) is -0.530. The first-order chi connectivity index (χ1) is 8.57. The van der Waals surface area contributed by atoms with Crippen LogP contribution >= 0.6 is 11.3 Å². The minimum atomic E-state index is -0.175. The summed E-state index contributed by atoms with van der Waals surface area (Å²) in [6.45, 7) is 7.91. The van der Waals surface area contributed by atoms with E-state index in [0.29, 0.717) is 6.61 Å². The molecular weight excluding hydrogens is 328 g/mol. The first-order valence-electron chi connectivity index (χ1n) is 6.38. The zero-order chi connectivity index (χ0) is 13.2. The molecule has 6 heteroatoms. The van der Waals surface area contributed by atoms with Crippen molar-refractivity contribution in [2.75, 3.05) is 39.8 Å². The molecule has 1 saturated heterocycles. The van der Waals surface area contributed by atoms with Crippen LogP contribution in [0, 0.1) is 6.92 Å². The van der Waals surface area contributed by atoms with E-state index < -0.39 is 0 Å². The average Bonchev–Trinajstić information content (AvgIpc) is 2.77. The van der Waals surface area contributed by atoms with Crippen LogP contribution in [0.15, 0.2) is 11.4 Å². The van der Waals surface area contributed by atoms with Gasteiger partial charge in [-0.1, -0.05) is 0 Å². The molecule has 0 radical (unpaired) electrons. The fourth-order valence-corrected chi connectivity index (χ4v) is 3.29. The van der Waals surface area contributed by atoms with E-state index in [-0.39, 0.29) is 23.1 Å². The summed E-state index contributed by atoms with van der Waals surface area (Å²) in [5.41, 5.74) is 1.39. The number of hydrogen-bond acceptors (Lipinski definition) is 3. The van der Waals surface area contributed by atoms with Crippen molar-refractivity contribution in [3.63, 3.8) is 0 Å². The highest BCUT2D eigenvalue weighted by Crippen LogP contribution is 2.31. The molecule has 108 valence electrons. The summed E-state index contributed by atoms with van der Waals surface area (Å²) >= 11 is 1.79. The van der Waals surface area contributed by atoms with Gasteiger partial charge in [-0.3, -0.25) is 9.38 Å². The fourth-order valence-electron chi connectivity index (χ4n) is 2.48. The zero-order valence-electron chi connectivity index (χ0n) is 11.7. The number of likely N-dealkylation sites (N-methyl/N-ethyl adjacent to an activating group) is 1. The third-order valence-corrected chi connectivity index (χ3v) is 4.50. The summed E-state index contributed by atoms with van der Waals surface area (Å²) in [6.07, 6.45) is -0.175. The van der Waals surface area contributed by atoms with Gasteiger partial charge in [-0.15, -0.1) is 11.3 Å². The van der Waals surface area contributed by atoms with Gasteiger partial charge in [0, 0.05) is 6.07 Å². The third kappa shape index (κ3) is 3.49. The summed E-state index contributed by atoms with van der Waals surface area (Å²) < 4.78 is 5.97. The highest BCUT2D eigenvalue weighted by molar-refractivity contribution is 7.10. The van der Waals surface area contributed by atoms with Gasteiger partial charge in [-0.25, -0.2) is 4.79 Å². The molecule has 1 amide bonds. The molecule has 0 bridgehead atoms. The molecule has 1 aromatic heterocycles. The minimum absolute atomic E-state index is 0. The molecule has 0 spiro atoms. The fraction of sp³-hybridized carbons (Fsp3) is 0.615. The molecule has 1 fully saturated rings. The van der Waals surface area contributed by atoms with Crippen LogP contribution in [0.25, 0.3) is 0 Å². The lowest BCUT2D eigenvalue weighted by Gasteiger charge is -2.41. The second-order valence-corrected chi connectivity index (χ2v) is 6.01. The molecule has 0 unspecified atom stereocenters. The lowest BCUT2D eigenvalue weighted by atomic mass is 10.2. The molecule has 0 saturated carbocycles. The van der Waals surface area contributed by atoms with Gasteiger partial charge >= 0.3 is 6.09 Å². The van der Waals surface area contributed by atoms with Gasteiger partial charge in [0.05, 0.1) is 31.6 Å². The van der Waals surface area contributed by atoms with Crippen LogP contribution < -0.4 is 21.5 Å². The first kappa shape index (κ1) is 16.5.